The molecule has 7 heteroatoms. The molecule has 0 saturated heterocycles. The second-order valence-corrected chi connectivity index (χ2v) is 8.86. The largest absolute Gasteiger partial charge is 0.315 e. The summed E-state index contributed by atoms with van der Waals surface area (Å²) in [5.74, 6) is 0. The Morgan fingerprint density at radius 2 is 2.19 bits per heavy atom. The number of sulfonamides is 1. The maximum absolute atomic E-state index is 12.9. The van der Waals surface area contributed by atoms with E-state index in [1.165, 1.54) is 11.3 Å². The van der Waals surface area contributed by atoms with Crippen LogP contribution in [0, 0.1) is 0 Å². The van der Waals surface area contributed by atoms with Crippen LogP contribution in [-0.4, -0.2) is 25.8 Å². The van der Waals surface area contributed by atoms with Crippen molar-refractivity contribution in [3.63, 3.8) is 0 Å². The predicted molar refractivity (Wildman–Crippen MR) is 87.2 cm³/mol. The van der Waals surface area contributed by atoms with Crippen molar-refractivity contribution in [3.05, 3.63) is 38.7 Å². The third kappa shape index (κ3) is 3.37. The van der Waals surface area contributed by atoms with Gasteiger partial charge in [-0.1, -0.05) is 0 Å². The highest BCUT2D eigenvalue weighted by Crippen LogP contribution is 2.34. The summed E-state index contributed by atoms with van der Waals surface area (Å²) in [4.78, 5) is 1.47. The number of rotatable bonds is 7. The van der Waals surface area contributed by atoms with Crippen LogP contribution >= 0.6 is 22.7 Å². The summed E-state index contributed by atoms with van der Waals surface area (Å²) in [5.41, 5.74) is 1.07. The number of nitrogens with zero attached hydrogens (tertiary/aromatic N) is 1. The lowest BCUT2D eigenvalue weighted by molar-refractivity contribution is 0.399. The van der Waals surface area contributed by atoms with E-state index in [0.29, 0.717) is 18.0 Å². The first kappa shape index (κ1) is 15.2. The Balaban J connectivity index is 1.85. The van der Waals surface area contributed by atoms with Crippen molar-refractivity contribution in [2.24, 2.45) is 0 Å². The molecular weight excluding hydrogens is 324 g/mol. The molecule has 0 unspecified atom stereocenters. The van der Waals surface area contributed by atoms with Gasteiger partial charge in [-0.25, -0.2) is 8.42 Å². The van der Waals surface area contributed by atoms with Crippen LogP contribution in [0.3, 0.4) is 0 Å². The molecule has 1 saturated carbocycles. The lowest BCUT2D eigenvalue weighted by Gasteiger charge is -2.20. The van der Waals surface area contributed by atoms with Gasteiger partial charge in [0.25, 0.3) is 0 Å². The molecule has 0 aliphatic heterocycles. The Morgan fingerprint density at radius 1 is 1.38 bits per heavy atom. The SMILES string of the molecule is CNCc1cc(S(=O)(=O)N(Cc2ccsc2)C2CC2)cs1. The van der Waals surface area contributed by atoms with E-state index in [1.807, 2.05) is 23.9 Å². The van der Waals surface area contributed by atoms with Crippen molar-refractivity contribution in [2.75, 3.05) is 7.05 Å². The molecule has 1 fully saturated rings. The molecule has 4 nitrogen and oxygen atoms in total. The van der Waals surface area contributed by atoms with E-state index in [-0.39, 0.29) is 6.04 Å². The second kappa shape index (κ2) is 6.18. The molecule has 0 bridgehead atoms. The first-order chi connectivity index (χ1) is 10.1. The third-order valence-electron chi connectivity index (χ3n) is 3.46. The van der Waals surface area contributed by atoms with Gasteiger partial charge in [0.2, 0.25) is 10.0 Å². The molecule has 0 spiro atoms. The zero-order valence-electron chi connectivity index (χ0n) is 11.8. The molecule has 2 aromatic heterocycles. The van der Waals surface area contributed by atoms with E-state index in [4.69, 9.17) is 0 Å². The zero-order valence-corrected chi connectivity index (χ0v) is 14.2. The molecule has 114 valence electrons. The third-order valence-corrected chi connectivity index (χ3v) is 7.15. The van der Waals surface area contributed by atoms with Gasteiger partial charge in [0.15, 0.2) is 0 Å². The van der Waals surface area contributed by atoms with Crippen LogP contribution in [0.1, 0.15) is 23.3 Å². The lowest BCUT2D eigenvalue weighted by atomic mass is 10.3. The summed E-state index contributed by atoms with van der Waals surface area (Å²) in [6, 6.07) is 3.96. The minimum atomic E-state index is -3.39. The molecule has 21 heavy (non-hydrogen) atoms. The highest BCUT2D eigenvalue weighted by molar-refractivity contribution is 7.89. The van der Waals surface area contributed by atoms with Crippen LogP contribution in [0.4, 0.5) is 0 Å². The van der Waals surface area contributed by atoms with Crippen molar-refractivity contribution < 1.29 is 8.42 Å². The monoisotopic (exact) mass is 342 g/mol. The van der Waals surface area contributed by atoms with Gasteiger partial charge in [0.1, 0.15) is 0 Å². The normalized spacial score (nSPS) is 15.7. The van der Waals surface area contributed by atoms with Gasteiger partial charge < -0.3 is 5.32 Å². The molecule has 1 aliphatic rings. The number of hydrogen-bond donors (Lipinski definition) is 1. The standard InChI is InChI=1S/C14H18N2O2S3/c1-15-7-13-6-14(10-20-13)21(17,18)16(12-2-3-12)8-11-4-5-19-9-11/h4-6,9-10,12,15H,2-3,7-8H2,1H3. The van der Waals surface area contributed by atoms with Crippen molar-refractivity contribution in [3.8, 4) is 0 Å². The number of thiophene rings is 2. The average molecular weight is 343 g/mol. The van der Waals surface area contributed by atoms with Crippen LogP contribution in [0.15, 0.2) is 33.2 Å². The van der Waals surface area contributed by atoms with E-state index < -0.39 is 10.0 Å². The van der Waals surface area contributed by atoms with Crippen LogP contribution in [0.5, 0.6) is 0 Å². The van der Waals surface area contributed by atoms with Gasteiger partial charge >= 0.3 is 0 Å². The minimum absolute atomic E-state index is 0.169. The first-order valence-corrected chi connectivity index (χ1v) is 10.1. The summed E-state index contributed by atoms with van der Waals surface area (Å²) < 4.78 is 27.4. The fourth-order valence-corrected chi connectivity index (χ4v) is 5.84. The second-order valence-electron chi connectivity index (χ2n) is 5.19. The van der Waals surface area contributed by atoms with Crippen LogP contribution in [0.2, 0.25) is 0 Å². The van der Waals surface area contributed by atoms with Crippen molar-refractivity contribution in [1.29, 1.82) is 0 Å². The Kier molecular flexibility index (Phi) is 4.46. The topological polar surface area (TPSA) is 49.4 Å². The summed E-state index contributed by atoms with van der Waals surface area (Å²) in [7, 11) is -1.53. The minimum Gasteiger partial charge on any atom is -0.315 e. The summed E-state index contributed by atoms with van der Waals surface area (Å²) in [6.07, 6.45) is 1.94. The molecule has 1 aliphatic carbocycles. The number of nitrogens with one attached hydrogen (secondary N) is 1. The Bertz CT molecular complexity index is 688. The van der Waals surface area contributed by atoms with Crippen LogP contribution in [-0.2, 0) is 23.1 Å². The molecule has 0 aromatic carbocycles. The molecule has 2 aromatic rings. The smallest absolute Gasteiger partial charge is 0.244 e. The molecule has 1 N–H and O–H groups in total. The van der Waals surface area contributed by atoms with Gasteiger partial charge in [-0.15, -0.1) is 11.3 Å². The van der Waals surface area contributed by atoms with E-state index in [2.05, 4.69) is 5.32 Å². The van der Waals surface area contributed by atoms with Gasteiger partial charge in [-0.3, -0.25) is 0 Å². The molecule has 2 heterocycles. The maximum Gasteiger partial charge on any atom is 0.244 e. The fourth-order valence-electron chi connectivity index (χ4n) is 2.23. The predicted octanol–water partition coefficient (Wildman–Crippen LogP) is 2.88. The number of hydrogen-bond acceptors (Lipinski definition) is 5. The molecular formula is C14H18N2O2S3. The quantitative estimate of drug-likeness (QED) is 0.842. The Labute approximate surface area is 133 Å². The summed E-state index contributed by atoms with van der Waals surface area (Å²) in [5, 5.41) is 8.82. The Morgan fingerprint density at radius 3 is 2.81 bits per heavy atom. The molecule has 0 atom stereocenters. The summed E-state index contributed by atoms with van der Waals surface area (Å²) in [6.45, 7) is 1.18. The Hall–Kier alpha value is -0.730. The molecule has 3 rings (SSSR count). The van der Waals surface area contributed by atoms with E-state index >= 15 is 0 Å². The van der Waals surface area contributed by atoms with Crippen LogP contribution in [0.25, 0.3) is 0 Å². The van der Waals surface area contributed by atoms with E-state index in [9.17, 15) is 8.42 Å². The average Bonchev–Trinajstić information content (AvgIpc) is 2.96. The van der Waals surface area contributed by atoms with Gasteiger partial charge in [-0.05, 0) is 48.3 Å². The zero-order chi connectivity index (χ0) is 14.9. The van der Waals surface area contributed by atoms with Crippen molar-refractivity contribution >= 4 is 32.7 Å². The van der Waals surface area contributed by atoms with E-state index in [0.717, 1.165) is 23.3 Å². The maximum atomic E-state index is 12.9. The summed E-state index contributed by atoms with van der Waals surface area (Å²) >= 11 is 3.10. The first-order valence-electron chi connectivity index (χ1n) is 6.86. The highest BCUT2D eigenvalue weighted by Gasteiger charge is 2.38. The van der Waals surface area contributed by atoms with Crippen molar-refractivity contribution in [2.45, 2.75) is 36.9 Å². The highest BCUT2D eigenvalue weighted by atomic mass is 32.2. The van der Waals surface area contributed by atoms with Gasteiger partial charge in [0.05, 0.1) is 4.90 Å². The van der Waals surface area contributed by atoms with Crippen molar-refractivity contribution in [1.82, 2.24) is 9.62 Å². The van der Waals surface area contributed by atoms with E-state index in [1.54, 1.807) is 27.1 Å². The fraction of sp³-hybridized carbons (Fsp3) is 0.429. The van der Waals surface area contributed by atoms with Crippen LogP contribution < -0.4 is 5.32 Å². The lowest BCUT2D eigenvalue weighted by Crippen LogP contribution is -2.32. The van der Waals surface area contributed by atoms with Gasteiger partial charge in [-0.2, -0.15) is 15.6 Å². The molecule has 0 amide bonds. The van der Waals surface area contributed by atoms with Gasteiger partial charge in [0, 0.05) is 29.4 Å². The molecule has 0 radical (unpaired) electrons.